The fourth-order valence-electron chi connectivity index (χ4n) is 1.18. The maximum absolute atomic E-state index is 13.2. The van der Waals surface area contributed by atoms with Crippen molar-refractivity contribution in [1.82, 2.24) is 10.3 Å². The van der Waals surface area contributed by atoms with Crippen LogP contribution in [0.4, 0.5) is 4.39 Å². The van der Waals surface area contributed by atoms with Crippen LogP contribution < -0.4 is 5.32 Å². The van der Waals surface area contributed by atoms with E-state index in [1.807, 2.05) is 0 Å². The van der Waals surface area contributed by atoms with Crippen molar-refractivity contribution >= 4 is 11.9 Å². The molecule has 0 aromatic carbocycles. The third-order valence-electron chi connectivity index (χ3n) is 2.04. The Bertz CT molecular complexity index is 425. The lowest BCUT2D eigenvalue weighted by Gasteiger charge is -2.13. The maximum atomic E-state index is 13.2. The lowest BCUT2D eigenvalue weighted by molar-refractivity contribution is -0.139. The molecule has 0 aliphatic carbocycles. The monoisotopic (exact) mass is 242 g/mol. The lowest BCUT2D eigenvalue weighted by atomic mass is 10.2. The summed E-state index contributed by atoms with van der Waals surface area (Å²) in [7, 11) is 0. The Morgan fingerprint density at radius 3 is 2.76 bits per heavy atom. The molecule has 92 valence electrons. The molecule has 0 radical (unpaired) electrons. The quantitative estimate of drug-likeness (QED) is 0.663. The third-order valence-corrected chi connectivity index (χ3v) is 2.04. The van der Waals surface area contributed by atoms with E-state index in [2.05, 4.69) is 10.3 Å². The summed E-state index contributed by atoms with van der Waals surface area (Å²) in [5.41, 5.74) is -0.288. The Morgan fingerprint density at radius 1 is 1.53 bits per heavy atom. The van der Waals surface area contributed by atoms with Crippen LogP contribution in [0.15, 0.2) is 18.5 Å². The fourth-order valence-corrected chi connectivity index (χ4v) is 1.18. The van der Waals surface area contributed by atoms with Crippen molar-refractivity contribution in [3.05, 3.63) is 29.8 Å². The topological polar surface area (TPSA) is 99.5 Å². The van der Waals surface area contributed by atoms with Gasteiger partial charge in [0.1, 0.15) is 6.04 Å². The Hall–Kier alpha value is -2.02. The number of carboxylic acid groups (broad SMARTS) is 1. The molecule has 0 spiro atoms. The number of carbonyl (C=O) groups excluding carboxylic acids is 1. The summed E-state index contributed by atoms with van der Waals surface area (Å²) in [6, 6.07) is -0.109. The number of aliphatic carboxylic acids is 1. The molecule has 3 N–H and O–H groups in total. The molecule has 1 aromatic rings. The SMILES string of the molecule is O=C(N[C@@H](CCO)C(=O)O)c1ccncc1F. The van der Waals surface area contributed by atoms with Crippen molar-refractivity contribution in [3.8, 4) is 0 Å². The van der Waals surface area contributed by atoms with Crippen LogP contribution in [0.5, 0.6) is 0 Å². The molecule has 0 aliphatic heterocycles. The zero-order valence-electron chi connectivity index (χ0n) is 8.76. The van der Waals surface area contributed by atoms with Crippen LogP contribution in [-0.2, 0) is 4.79 Å². The highest BCUT2D eigenvalue weighted by Crippen LogP contribution is 2.05. The summed E-state index contributed by atoms with van der Waals surface area (Å²) in [6.45, 7) is -0.393. The van der Waals surface area contributed by atoms with Crippen molar-refractivity contribution in [1.29, 1.82) is 0 Å². The van der Waals surface area contributed by atoms with Crippen molar-refractivity contribution in [2.75, 3.05) is 6.61 Å². The molecule has 0 unspecified atom stereocenters. The van der Waals surface area contributed by atoms with Crippen LogP contribution in [0.2, 0.25) is 0 Å². The number of rotatable bonds is 5. The number of amides is 1. The number of halogens is 1. The van der Waals surface area contributed by atoms with Gasteiger partial charge in [-0.2, -0.15) is 0 Å². The van der Waals surface area contributed by atoms with E-state index in [0.29, 0.717) is 0 Å². The summed E-state index contributed by atoms with van der Waals surface area (Å²) in [6.07, 6.45) is 1.93. The van der Waals surface area contributed by atoms with Crippen molar-refractivity contribution in [2.24, 2.45) is 0 Å². The molecule has 1 rings (SSSR count). The average molecular weight is 242 g/mol. The van der Waals surface area contributed by atoms with Crippen molar-refractivity contribution < 1.29 is 24.2 Å². The molecule has 6 nitrogen and oxygen atoms in total. The number of hydrogen-bond acceptors (Lipinski definition) is 4. The number of pyridine rings is 1. The van der Waals surface area contributed by atoms with E-state index in [9.17, 15) is 14.0 Å². The van der Waals surface area contributed by atoms with E-state index in [1.54, 1.807) is 0 Å². The molecule has 0 bridgehead atoms. The van der Waals surface area contributed by atoms with Crippen LogP contribution >= 0.6 is 0 Å². The molecule has 1 aromatic heterocycles. The molecule has 1 atom stereocenters. The van der Waals surface area contributed by atoms with Crippen molar-refractivity contribution in [3.63, 3.8) is 0 Å². The number of carboxylic acids is 1. The minimum absolute atomic E-state index is 0.145. The molecule has 0 aliphatic rings. The number of aliphatic hydroxyl groups excluding tert-OH is 1. The van der Waals surface area contributed by atoms with Gasteiger partial charge in [0, 0.05) is 19.2 Å². The number of nitrogens with zero attached hydrogens (tertiary/aromatic N) is 1. The standard InChI is InChI=1S/C10H11FN2O4/c11-7-5-12-3-1-6(7)9(15)13-8(2-4-14)10(16)17/h1,3,5,8,14H,2,4H2,(H,13,15)(H,16,17)/t8-/m0/s1. The number of carbonyl (C=O) groups is 2. The number of nitrogens with one attached hydrogen (secondary N) is 1. The summed E-state index contributed by atoms with van der Waals surface area (Å²) in [5.74, 6) is -2.98. The third kappa shape index (κ3) is 3.49. The minimum Gasteiger partial charge on any atom is -0.480 e. The fraction of sp³-hybridized carbons (Fsp3) is 0.300. The first kappa shape index (κ1) is 13.0. The minimum atomic E-state index is -1.29. The molecular weight excluding hydrogens is 231 g/mol. The van der Waals surface area contributed by atoms with Gasteiger partial charge in [0.2, 0.25) is 0 Å². The van der Waals surface area contributed by atoms with Gasteiger partial charge in [0.05, 0.1) is 11.8 Å². The molecule has 17 heavy (non-hydrogen) atoms. The molecule has 0 saturated carbocycles. The van der Waals surface area contributed by atoms with E-state index in [1.165, 1.54) is 6.20 Å². The Kier molecular flexibility index (Phi) is 4.53. The van der Waals surface area contributed by atoms with Gasteiger partial charge >= 0.3 is 5.97 Å². The Labute approximate surface area is 96.1 Å². The van der Waals surface area contributed by atoms with Crippen LogP contribution in [-0.4, -0.2) is 39.7 Å². The largest absolute Gasteiger partial charge is 0.480 e. The highest BCUT2D eigenvalue weighted by Gasteiger charge is 2.21. The van der Waals surface area contributed by atoms with Crippen LogP contribution in [0.3, 0.4) is 0 Å². The summed E-state index contributed by atoms with van der Waals surface area (Å²) < 4.78 is 13.2. The lowest BCUT2D eigenvalue weighted by Crippen LogP contribution is -2.41. The number of hydrogen-bond donors (Lipinski definition) is 3. The predicted octanol–water partition coefficient (Wildman–Crippen LogP) is -0.214. The van der Waals surface area contributed by atoms with Gasteiger partial charge in [-0.1, -0.05) is 0 Å². The van der Waals surface area contributed by atoms with Crippen LogP contribution in [0.1, 0.15) is 16.8 Å². The van der Waals surface area contributed by atoms with Gasteiger partial charge in [-0.25, -0.2) is 9.18 Å². The van der Waals surface area contributed by atoms with Gasteiger partial charge in [0.25, 0.3) is 5.91 Å². The normalized spacial score (nSPS) is 11.9. The number of aromatic nitrogens is 1. The Balaban J connectivity index is 2.77. The van der Waals surface area contributed by atoms with Crippen LogP contribution in [0.25, 0.3) is 0 Å². The van der Waals surface area contributed by atoms with E-state index < -0.39 is 30.3 Å². The first-order valence-electron chi connectivity index (χ1n) is 4.80. The zero-order chi connectivity index (χ0) is 12.8. The highest BCUT2D eigenvalue weighted by atomic mass is 19.1. The number of aliphatic hydroxyl groups is 1. The van der Waals surface area contributed by atoms with Gasteiger partial charge in [0.15, 0.2) is 5.82 Å². The van der Waals surface area contributed by atoms with E-state index in [0.717, 1.165) is 12.3 Å². The first-order chi connectivity index (χ1) is 8.06. The predicted molar refractivity (Wildman–Crippen MR) is 54.8 cm³/mol. The molecule has 7 heteroatoms. The second-order valence-corrected chi connectivity index (χ2v) is 3.23. The van der Waals surface area contributed by atoms with E-state index >= 15 is 0 Å². The zero-order valence-corrected chi connectivity index (χ0v) is 8.76. The highest BCUT2D eigenvalue weighted by molar-refractivity contribution is 5.96. The average Bonchev–Trinajstić information content (AvgIpc) is 2.28. The molecule has 1 amide bonds. The molecule has 1 heterocycles. The second-order valence-electron chi connectivity index (χ2n) is 3.23. The van der Waals surface area contributed by atoms with Gasteiger partial charge < -0.3 is 15.5 Å². The van der Waals surface area contributed by atoms with Crippen LogP contribution in [0, 0.1) is 5.82 Å². The smallest absolute Gasteiger partial charge is 0.326 e. The molecule has 0 saturated heterocycles. The summed E-state index contributed by atoms with van der Waals surface area (Å²) in [5, 5.41) is 19.5. The molecule has 0 fully saturated rings. The van der Waals surface area contributed by atoms with Gasteiger partial charge in [-0.05, 0) is 6.07 Å². The Morgan fingerprint density at radius 2 is 2.24 bits per heavy atom. The summed E-state index contributed by atoms with van der Waals surface area (Å²) in [4.78, 5) is 25.7. The van der Waals surface area contributed by atoms with E-state index in [4.69, 9.17) is 10.2 Å². The summed E-state index contributed by atoms with van der Waals surface area (Å²) >= 11 is 0. The second kappa shape index (κ2) is 5.90. The molecular formula is C10H11FN2O4. The van der Waals surface area contributed by atoms with E-state index in [-0.39, 0.29) is 12.0 Å². The first-order valence-corrected chi connectivity index (χ1v) is 4.80. The van der Waals surface area contributed by atoms with Crippen molar-refractivity contribution in [2.45, 2.75) is 12.5 Å². The maximum Gasteiger partial charge on any atom is 0.326 e. The van der Waals surface area contributed by atoms with Gasteiger partial charge in [-0.15, -0.1) is 0 Å². The van der Waals surface area contributed by atoms with Gasteiger partial charge in [-0.3, -0.25) is 9.78 Å².